The first kappa shape index (κ1) is 17.7. The van der Waals surface area contributed by atoms with Gasteiger partial charge >= 0.3 is 5.97 Å². The number of carbonyl (C=O) groups excluding carboxylic acids is 2. The number of aromatic carboxylic acids is 1. The molecule has 0 bridgehead atoms. The first-order chi connectivity index (χ1) is 13.5. The number of fused-ring (bicyclic) bond motifs is 1. The predicted octanol–water partition coefficient (Wildman–Crippen LogP) is 3.53. The summed E-state index contributed by atoms with van der Waals surface area (Å²) in [6, 6.07) is 19.6. The number of nitrogens with one attached hydrogen (secondary N) is 1. The van der Waals surface area contributed by atoms with Gasteiger partial charge in [0, 0.05) is 24.0 Å². The number of hydrogen-bond acceptors (Lipinski definition) is 3. The van der Waals surface area contributed by atoms with E-state index in [1.807, 2.05) is 42.5 Å². The average molecular weight is 374 g/mol. The molecule has 3 aromatic carbocycles. The van der Waals surface area contributed by atoms with E-state index in [1.165, 1.54) is 12.1 Å². The molecule has 1 aliphatic rings. The fourth-order valence-electron chi connectivity index (χ4n) is 3.50. The Bertz CT molecular complexity index is 1070. The van der Waals surface area contributed by atoms with Crippen LogP contribution in [0.4, 0.5) is 11.4 Å². The van der Waals surface area contributed by atoms with Crippen molar-refractivity contribution >= 4 is 39.9 Å². The third-order valence-corrected chi connectivity index (χ3v) is 4.95. The van der Waals surface area contributed by atoms with Crippen LogP contribution in [0.3, 0.4) is 0 Å². The Morgan fingerprint density at radius 3 is 2.43 bits per heavy atom. The van der Waals surface area contributed by atoms with Crippen LogP contribution in [0.5, 0.6) is 0 Å². The van der Waals surface area contributed by atoms with Crippen LogP contribution in [0.15, 0.2) is 66.7 Å². The molecule has 1 atom stereocenters. The first-order valence-electron chi connectivity index (χ1n) is 8.95. The molecule has 1 saturated heterocycles. The van der Waals surface area contributed by atoms with Gasteiger partial charge in [-0.05, 0) is 35.7 Å². The molecule has 0 aromatic heterocycles. The summed E-state index contributed by atoms with van der Waals surface area (Å²) in [5.74, 6) is -1.83. The van der Waals surface area contributed by atoms with E-state index >= 15 is 0 Å². The summed E-state index contributed by atoms with van der Waals surface area (Å²) < 4.78 is 0. The molecule has 1 fully saturated rings. The lowest BCUT2D eigenvalue weighted by atomic mass is 10.1. The Morgan fingerprint density at radius 2 is 1.68 bits per heavy atom. The summed E-state index contributed by atoms with van der Waals surface area (Å²) in [7, 11) is 0. The van der Waals surface area contributed by atoms with Crippen LogP contribution < -0.4 is 10.2 Å². The lowest BCUT2D eigenvalue weighted by Crippen LogP contribution is -2.28. The minimum atomic E-state index is -1.02. The molecule has 4 rings (SSSR count). The number of carbonyl (C=O) groups is 3. The molecule has 0 aliphatic carbocycles. The molecule has 6 heteroatoms. The smallest absolute Gasteiger partial charge is 0.335 e. The molecule has 0 radical (unpaired) electrons. The highest BCUT2D eigenvalue weighted by molar-refractivity contribution is 6.08. The van der Waals surface area contributed by atoms with Crippen LogP contribution in [0.2, 0.25) is 0 Å². The Hall–Kier alpha value is -3.67. The minimum Gasteiger partial charge on any atom is -0.478 e. The molecule has 3 aromatic rings. The monoisotopic (exact) mass is 374 g/mol. The van der Waals surface area contributed by atoms with Gasteiger partial charge in [0.25, 0.3) is 0 Å². The van der Waals surface area contributed by atoms with Gasteiger partial charge < -0.3 is 15.3 Å². The van der Waals surface area contributed by atoms with Gasteiger partial charge in [0.05, 0.1) is 17.2 Å². The summed E-state index contributed by atoms with van der Waals surface area (Å²) >= 11 is 0. The zero-order valence-corrected chi connectivity index (χ0v) is 15.0. The van der Waals surface area contributed by atoms with Crippen molar-refractivity contribution in [2.24, 2.45) is 5.92 Å². The fourth-order valence-corrected chi connectivity index (χ4v) is 3.50. The molecule has 0 saturated carbocycles. The number of carboxylic acid groups (broad SMARTS) is 1. The molecule has 28 heavy (non-hydrogen) atoms. The van der Waals surface area contributed by atoms with E-state index in [0.717, 1.165) is 16.5 Å². The van der Waals surface area contributed by atoms with Gasteiger partial charge in [0.15, 0.2) is 0 Å². The number of hydrogen-bond donors (Lipinski definition) is 2. The second-order valence-corrected chi connectivity index (χ2v) is 6.78. The van der Waals surface area contributed by atoms with Crippen LogP contribution >= 0.6 is 0 Å². The van der Waals surface area contributed by atoms with Crippen LogP contribution in [0, 0.1) is 5.92 Å². The number of anilines is 2. The Labute approximate surface area is 161 Å². The highest BCUT2D eigenvalue weighted by Crippen LogP contribution is 2.32. The lowest BCUT2D eigenvalue weighted by Gasteiger charge is -2.19. The number of carboxylic acids is 1. The zero-order chi connectivity index (χ0) is 19.7. The number of rotatable bonds is 4. The summed E-state index contributed by atoms with van der Waals surface area (Å²) in [6.45, 7) is 0.311. The maximum atomic E-state index is 12.6. The third-order valence-electron chi connectivity index (χ3n) is 4.95. The van der Waals surface area contributed by atoms with Gasteiger partial charge in [0.2, 0.25) is 11.8 Å². The van der Waals surface area contributed by atoms with E-state index < -0.39 is 11.9 Å². The van der Waals surface area contributed by atoms with Gasteiger partial charge in [-0.3, -0.25) is 9.59 Å². The molecule has 2 N–H and O–H groups in total. The quantitative estimate of drug-likeness (QED) is 0.731. The second kappa shape index (κ2) is 7.15. The zero-order valence-electron chi connectivity index (χ0n) is 15.0. The van der Waals surface area contributed by atoms with E-state index in [0.29, 0.717) is 12.2 Å². The molecule has 140 valence electrons. The van der Waals surface area contributed by atoms with Gasteiger partial charge in [-0.15, -0.1) is 0 Å². The third kappa shape index (κ3) is 3.32. The summed E-state index contributed by atoms with van der Waals surface area (Å²) in [6.07, 6.45) is 0.141. The molecule has 2 amide bonds. The predicted molar refractivity (Wildman–Crippen MR) is 106 cm³/mol. The van der Waals surface area contributed by atoms with Crippen LogP contribution in [-0.2, 0) is 9.59 Å². The Morgan fingerprint density at radius 1 is 0.964 bits per heavy atom. The number of amides is 2. The lowest BCUT2D eigenvalue weighted by molar-refractivity contribution is -0.122. The van der Waals surface area contributed by atoms with Gasteiger partial charge in [-0.25, -0.2) is 4.79 Å². The molecule has 0 unspecified atom stereocenters. The standard InChI is InChI=1S/C22H18N2O4/c25-20-12-16(21(26)23-17-10-8-15(9-11-17)22(27)28)13-24(20)19-7-3-5-14-4-1-2-6-18(14)19/h1-11,16H,12-13H2,(H,23,26)(H,27,28)/t16-/m0/s1. The normalized spacial score (nSPS) is 16.4. The summed E-state index contributed by atoms with van der Waals surface area (Å²) in [5, 5.41) is 13.7. The molecule has 1 heterocycles. The van der Waals surface area contributed by atoms with Crippen LogP contribution in [0.25, 0.3) is 10.8 Å². The van der Waals surface area contributed by atoms with Crippen LogP contribution in [-0.4, -0.2) is 29.4 Å². The van der Waals surface area contributed by atoms with Crippen molar-refractivity contribution in [2.45, 2.75) is 6.42 Å². The van der Waals surface area contributed by atoms with E-state index in [-0.39, 0.29) is 23.8 Å². The Kier molecular flexibility index (Phi) is 4.53. The Balaban J connectivity index is 1.51. The minimum absolute atomic E-state index is 0.0854. The summed E-state index contributed by atoms with van der Waals surface area (Å²) in [5.41, 5.74) is 1.46. The van der Waals surface area contributed by atoms with Crippen molar-refractivity contribution in [1.29, 1.82) is 0 Å². The second-order valence-electron chi connectivity index (χ2n) is 6.78. The molecule has 1 aliphatic heterocycles. The highest BCUT2D eigenvalue weighted by Gasteiger charge is 2.35. The maximum absolute atomic E-state index is 12.6. The molecular formula is C22H18N2O4. The van der Waals surface area contributed by atoms with Crippen molar-refractivity contribution in [3.05, 3.63) is 72.3 Å². The van der Waals surface area contributed by atoms with Crippen molar-refractivity contribution in [3.63, 3.8) is 0 Å². The van der Waals surface area contributed by atoms with Crippen molar-refractivity contribution in [1.82, 2.24) is 0 Å². The first-order valence-corrected chi connectivity index (χ1v) is 8.95. The highest BCUT2D eigenvalue weighted by atomic mass is 16.4. The average Bonchev–Trinajstić information content (AvgIpc) is 3.09. The van der Waals surface area contributed by atoms with Gasteiger partial charge in [-0.1, -0.05) is 36.4 Å². The topological polar surface area (TPSA) is 86.7 Å². The van der Waals surface area contributed by atoms with Gasteiger partial charge in [-0.2, -0.15) is 0 Å². The van der Waals surface area contributed by atoms with E-state index in [4.69, 9.17) is 5.11 Å². The molecule has 6 nitrogen and oxygen atoms in total. The van der Waals surface area contributed by atoms with E-state index in [9.17, 15) is 14.4 Å². The largest absolute Gasteiger partial charge is 0.478 e. The molecular weight excluding hydrogens is 356 g/mol. The van der Waals surface area contributed by atoms with Crippen molar-refractivity contribution in [3.8, 4) is 0 Å². The van der Waals surface area contributed by atoms with E-state index in [1.54, 1.807) is 17.0 Å². The SMILES string of the molecule is O=C(O)c1ccc(NC(=O)[C@H]2CC(=O)N(c3cccc4ccccc34)C2)cc1. The van der Waals surface area contributed by atoms with Crippen molar-refractivity contribution in [2.75, 3.05) is 16.8 Å². The fraction of sp³-hybridized carbons (Fsp3) is 0.136. The van der Waals surface area contributed by atoms with Crippen molar-refractivity contribution < 1.29 is 19.5 Å². The number of nitrogens with zero attached hydrogens (tertiary/aromatic N) is 1. The van der Waals surface area contributed by atoms with E-state index in [2.05, 4.69) is 5.32 Å². The van der Waals surface area contributed by atoms with Gasteiger partial charge in [0.1, 0.15) is 0 Å². The van der Waals surface area contributed by atoms with Crippen LogP contribution in [0.1, 0.15) is 16.8 Å². The maximum Gasteiger partial charge on any atom is 0.335 e. The summed E-state index contributed by atoms with van der Waals surface area (Å²) in [4.78, 5) is 37.8. The molecule has 0 spiro atoms. The number of benzene rings is 3.